The maximum Gasteiger partial charge on any atom is 2.00 e. The standard InChI is InChI=1S/C12H18NO.C5H5.Fe/c1-9(14)13-11(12(2,3)4)10-7-5-6-8-10;1-2-4-5-3-1;/h5-8,11H,1-4H3,(H,13,14);1-5H;/q;;+2/t11-;;/m0../s1. The minimum atomic E-state index is 0. The Balaban J connectivity index is 0.000000507. The molecule has 0 aromatic rings. The molecular formula is C17H23FeNO+2. The second-order valence-electron chi connectivity index (χ2n) is 5.68. The smallest absolute Gasteiger partial charge is 0.352 e. The largest absolute Gasteiger partial charge is 2.00 e. The van der Waals surface area contributed by atoms with Gasteiger partial charge in [-0.3, -0.25) is 4.79 Å². The van der Waals surface area contributed by atoms with Crippen molar-refractivity contribution >= 4 is 5.91 Å². The Hall–Kier alpha value is -0.0105. The van der Waals surface area contributed by atoms with Crippen LogP contribution in [0.3, 0.4) is 0 Å². The summed E-state index contributed by atoms with van der Waals surface area (Å²) < 4.78 is 0. The topological polar surface area (TPSA) is 29.1 Å². The van der Waals surface area contributed by atoms with E-state index in [1.807, 2.05) is 57.8 Å². The summed E-state index contributed by atoms with van der Waals surface area (Å²) in [5, 5.41) is 2.98. The minimum Gasteiger partial charge on any atom is -0.352 e. The van der Waals surface area contributed by atoms with Crippen molar-refractivity contribution < 1.29 is 21.9 Å². The molecule has 3 heteroatoms. The molecule has 0 aliphatic heterocycles. The van der Waals surface area contributed by atoms with Crippen LogP contribution in [0.2, 0.25) is 0 Å². The van der Waals surface area contributed by atoms with Gasteiger partial charge in [0.25, 0.3) is 0 Å². The molecule has 2 aliphatic carbocycles. The molecule has 2 saturated carbocycles. The van der Waals surface area contributed by atoms with Crippen molar-refractivity contribution in [1.29, 1.82) is 0 Å². The van der Waals surface area contributed by atoms with Gasteiger partial charge < -0.3 is 5.32 Å². The van der Waals surface area contributed by atoms with Crippen molar-refractivity contribution in [2.45, 2.75) is 33.7 Å². The van der Waals surface area contributed by atoms with Gasteiger partial charge >= 0.3 is 17.1 Å². The average molecular weight is 313 g/mol. The molecule has 0 unspecified atom stereocenters. The quantitative estimate of drug-likeness (QED) is 0.780. The van der Waals surface area contributed by atoms with Gasteiger partial charge in [-0.25, -0.2) is 0 Å². The normalized spacial score (nSPS) is 20.6. The zero-order valence-electron chi connectivity index (χ0n) is 12.5. The fourth-order valence-corrected chi connectivity index (χ4v) is 1.91. The van der Waals surface area contributed by atoms with Crippen molar-refractivity contribution in [3.63, 3.8) is 0 Å². The summed E-state index contributed by atoms with van der Waals surface area (Å²) in [4.78, 5) is 11.1. The van der Waals surface area contributed by atoms with Crippen LogP contribution in [0.4, 0.5) is 0 Å². The molecule has 1 N–H and O–H groups in total. The van der Waals surface area contributed by atoms with Crippen LogP contribution >= 0.6 is 0 Å². The van der Waals surface area contributed by atoms with Crippen LogP contribution < -0.4 is 5.32 Å². The monoisotopic (exact) mass is 313 g/mol. The van der Waals surface area contributed by atoms with Crippen molar-refractivity contribution in [3.8, 4) is 0 Å². The van der Waals surface area contributed by atoms with Gasteiger partial charge in [0.15, 0.2) is 0 Å². The number of amides is 1. The van der Waals surface area contributed by atoms with Gasteiger partial charge in [-0.15, -0.1) is 0 Å². The molecule has 0 aromatic heterocycles. The Morgan fingerprint density at radius 2 is 1.35 bits per heavy atom. The maximum absolute atomic E-state index is 11.1. The van der Waals surface area contributed by atoms with Crippen molar-refractivity contribution in [1.82, 2.24) is 5.32 Å². The van der Waals surface area contributed by atoms with E-state index in [2.05, 4.69) is 26.1 Å². The summed E-state index contributed by atoms with van der Waals surface area (Å²) in [6.45, 7) is 7.93. The second-order valence-corrected chi connectivity index (χ2v) is 5.68. The Labute approximate surface area is 136 Å². The SMILES string of the molecule is CC(=O)N[C@@H]([C]1[CH][CH][CH][CH]1)C(C)(C)C.[CH]1[CH][CH][CH][CH]1.[Fe+2]. The van der Waals surface area contributed by atoms with Gasteiger partial charge in [0.1, 0.15) is 0 Å². The first kappa shape index (κ1) is 20.0. The van der Waals surface area contributed by atoms with E-state index < -0.39 is 0 Å². The molecule has 0 bridgehead atoms. The summed E-state index contributed by atoms with van der Waals surface area (Å²) in [5.74, 6) is 1.19. The Bertz CT molecular complexity index is 255. The van der Waals surface area contributed by atoms with Crippen molar-refractivity contribution in [2.75, 3.05) is 0 Å². The van der Waals surface area contributed by atoms with Gasteiger partial charge in [0, 0.05) is 18.9 Å². The van der Waals surface area contributed by atoms with Gasteiger partial charge in [-0.1, -0.05) is 20.8 Å². The van der Waals surface area contributed by atoms with Crippen LogP contribution in [0.25, 0.3) is 0 Å². The van der Waals surface area contributed by atoms with Gasteiger partial charge in [0.05, 0.1) is 0 Å². The minimum absolute atomic E-state index is 0. The Morgan fingerprint density at radius 3 is 1.65 bits per heavy atom. The molecule has 1 atom stereocenters. The first-order chi connectivity index (χ1) is 8.91. The number of hydrogen-bond donors (Lipinski definition) is 1. The number of hydrogen-bond acceptors (Lipinski definition) is 1. The van der Waals surface area contributed by atoms with Crippen LogP contribution in [0.1, 0.15) is 27.7 Å². The zero-order valence-corrected chi connectivity index (χ0v) is 13.6. The van der Waals surface area contributed by atoms with E-state index in [0.717, 1.165) is 0 Å². The molecule has 1 amide bonds. The second kappa shape index (κ2) is 9.84. The van der Waals surface area contributed by atoms with E-state index in [-0.39, 0.29) is 34.4 Å². The van der Waals surface area contributed by atoms with Crippen LogP contribution in [-0.2, 0) is 21.9 Å². The van der Waals surface area contributed by atoms with Gasteiger partial charge in [-0.2, -0.15) is 0 Å². The van der Waals surface area contributed by atoms with E-state index in [1.165, 1.54) is 5.92 Å². The molecule has 2 nitrogen and oxygen atoms in total. The average Bonchev–Trinajstić information content (AvgIpc) is 3.00. The molecule has 0 spiro atoms. The van der Waals surface area contributed by atoms with Crippen LogP contribution in [0.15, 0.2) is 0 Å². The summed E-state index contributed by atoms with van der Waals surface area (Å²) in [6.07, 6.45) is 18.1. The van der Waals surface area contributed by atoms with E-state index >= 15 is 0 Å². The Morgan fingerprint density at radius 1 is 0.950 bits per heavy atom. The van der Waals surface area contributed by atoms with Crippen LogP contribution in [0, 0.1) is 69.1 Å². The maximum atomic E-state index is 11.1. The first-order valence-corrected chi connectivity index (χ1v) is 6.56. The Kier molecular flexibility index (Phi) is 9.84. The fraction of sp³-hybridized carbons (Fsp3) is 0.353. The summed E-state index contributed by atoms with van der Waals surface area (Å²) in [6, 6.07) is 0.0926. The van der Waals surface area contributed by atoms with E-state index in [1.54, 1.807) is 6.92 Å². The predicted molar refractivity (Wildman–Crippen MR) is 79.0 cm³/mol. The molecule has 0 aromatic carbocycles. The molecule has 2 rings (SSSR count). The molecule has 108 valence electrons. The zero-order chi connectivity index (χ0) is 14.3. The van der Waals surface area contributed by atoms with E-state index in [9.17, 15) is 4.79 Å². The third kappa shape index (κ3) is 7.69. The van der Waals surface area contributed by atoms with Gasteiger partial charge in [0.2, 0.25) is 5.91 Å². The van der Waals surface area contributed by atoms with E-state index in [0.29, 0.717) is 0 Å². The molecule has 0 heterocycles. The van der Waals surface area contributed by atoms with Crippen LogP contribution in [-0.4, -0.2) is 11.9 Å². The van der Waals surface area contributed by atoms with Gasteiger partial charge in [-0.05, 0) is 63.2 Å². The summed E-state index contributed by atoms with van der Waals surface area (Å²) in [7, 11) is 0. The summed E-state index contributed by atoms with van der Waals surface area (Å²) in [5.41, 5.74) is 0.0417. The molecule has 0 saturated heterocycles. The fourth-order valence-electron chi connectivity index (χ4n) is 1.91. The molecule has 2 aliphatic rings. The van der Waals surface area contributed by atoms with E-state index in [4.69, 9.17) is 0 Å². The third-order valence-electron chi connectivity index (χ3n) is 2.79. The first-order valence-electron chi connectivity index (χ1n) is 6.56. The summed E-state index contributed by atoms with van der Waals surface area (Å²) >= 11 is 0. The van der Waals surface area contributed by atoms with Crippen LogP contribution in [0.5, 0.6) is 0 Å². The molecule has 10 radical (unpaired) electrons. The number of carbonyl (C=O) groups excluding carboxylic acids is 1. The molecule has 20 heavy (non-hydrogen) atoms. The number of nitrogens with one attached hydrogen (secondary N) is 1. The molecule has 2 fully saturated rings. The van der Waals surface area contributed by atoms with Crippen molar-refractivity contribution in [3.05, 3.63) is 63.7 Å². The third-order valence-corrected chi connectivity index (χ3v) is 2.79. The number of carbonyl (C=O) groups is 1. The predicted octanol–water partition coefficient (Wildman–Crippen LogP) is 2.96. The number of rotatable bonds is 2. The van der Waals surface area contributed by atoms with Crippen molar-refractivity contribution in [2.24, 2.45) is 5.41 Å². The molecular weight excluding hydrogens is 290 g/mol.